The van der Waals surface area contributed by atoms with Gasteiger partial charge >= 0.3 is 5.91 Å². The first-order chi connectivity index (χ1) is 20.6. The van der Waals surface area contributed by atoms with Crippen LogP contribution in [0.4, 0.5) is 10.8 Å². The lowest BCUT2D eigenvalue weighted by Crippen LogP contribution is -2.29. The van der Waals surface area contributed by atoms with Gasteiger partial charge in [0.05, 0.1) is 22.2 Å². The molecular formula is C28H18Cl2N6O5S2. The average Bonchev–Trinajstić information content (AvgIpc) is 3.66. The maximum absolute atomic E-state index is 13.6. The second kappa shape index (κ2) is 11.4. The number of aromatic nitrogens is 4. The highest BCUT2D eigenvalue weighted by Crippen LogP contribution is 2.45. The van der Waals surface area contributed by atoms with E-state index in [0.29, 0.717) is 31.5 Å². The molecule has 1 N–H and O–H groups in total. The van der Waals surface area contributed by atoms with Crippen molar-refractivity contribution in [1.82, 2.24) is 19.6 Å². The van der Waals surface area contributed by atoms with Crippen LogP contribution in [-0.4, -0.2) is 41.3 Å². The molecule has 0 bridgehead atoms. The summed E-state index contributed by atoms with van der Waals surface area (Å²) in [6.07, 6.45) is 1.67. The number of carbonyl (C=O) groups is 2. The largest absolute Gasteiger partial charge is 0.505 e. The first kappa shape index (κ1) is 28.8. The van der Waals surface area contributed by atoms with E-state index in [1.54, 1.807) is 60.0 Å². The van der Waals surface area contributed by atoms with Crippen molar-refractivity contribution in [3.05, 3.63) is 115 Å². The fourth-order valence-corrected chi connectivity index (χ4v) is 7.24. The van der Waals surface area contributed by atoms with E-state index in [9.17, 15) is 24.8 Å². The first-order valence-corrected chi connectivity index (χ1v) is 15.1. The van der Waals surface area contributed by atoms with E-state index in [4.69, 9.17) is 23.2 Å². The normalized spacial score (nSPS) is 16.3. The summed E-state index contributed by atoms with van der Waals surface area (Å²) in [4.78, 5) is 43.8. The van der Waals surface area contributed by atoms with Crippen LogP contribution in [0, 0.1) is 17.0 Å². The van der Waals surface area contributed by atoms with E-state index in [1.165, 1.54) is 30.0 Å². The van der Waals surface area contributed by atoms with Crippen LogP contribution in [0.25, 0.3) is 11.4 Å². The molecule has 1 amide bonds. The van der Waals surface area contributed by atoms with Crippen LogP contribution in [0.2, 0.25) is 10.0 Å². The maximum atomic E-state index is 13.6. The molecule has 1 fully saturated rings. The molecule has 3 aromatic heterocycles. The van der Waals surface area contributed by atoms with Crippen LogP contribution in [-0.2, 0) is 15.3 Å². The van der Waals surface area contributed by atoms with Crippen molar-refractivity contribution in [1.29, 1.82) is 0 Å². The van der Waals surface area contributed by atoms with Crippen molar-refractivity contribution < 1.29 is 19.6 Å². The maximum Gasteiger partial charge on any atom is 0.301 e. The van der Waals surface area contributed by atoms with Crippen molar-refractivity contribution in [2.75, 3.05) is 4.90 Å². The van der Waals surface area contributed by atoms with Crippen LogP contribution in [0.1, 0.15) is 28.6 Å². The Hall–Kier alpha value is -4.30. The molecule has 15 heteroatoms. The molecule has 1 unspecified atom stereocenters. The molecule has 5 aromatic rings. The van der Waals surface area contributed by atoms with Gasteiger partial charge in [0.15, 0.2) is 10.1 Å². The molecule has 1 saturated heterocycles. The Bertz CT molecular complexity index is 1990. The number of aliphatic hydroxyl groups is 1. The monoisotopic (exact) mass is 652 g/mol. The van der Waals surface area contributed by atoms with Gasteiger partial charge in [-0.05, 0) is 42.3 Å². The predicted molar refractivity (Wildman–Crippen MR) is 164 cm³/mol. The van der Waals surface area contributed by atoms with Gasteiger partial charge < -0.3 is 5.11 Å². The molecular weight excluding hydrogens is 635 g/mol. The molecule has 6 rings (SSSR count). The van der Waals surface area contributed by atoms with Gasteiger partial charge in [-0.1, -0.05) is 70.6 Å². The van der Waals surface area contributed by atoms with Crippen LogP contribution in [0.5, 0.6) is 0 Å². The highest BCUT2D eigenvalue weighted by molar-refractivity contribution is 8.00. The Labute approximate surface area is 261 Å². The lowest BCUT2D eigenvalue weighted by molar-refractivity contribution is -0.384. The third-order valence-corrected chi connectivity index (χ3v) is 9.43. The Morgan fingerprint density at radius 2 is 1.93 bits per heavy atom. The summed E-state index contributed by atoms with van der Waals surface area (Å²) in [5.41, 5.74) is 1.71. The number of ketones is 1. The summed E-state index contributed by atoms with van der Waals surface area (Å²) in [5, 5.41) is 32.7. The van der Waals surface area contributed by atoms with Crippen molar-refractivity contribution in [2.24, 2.45) is 0 Å². The standard InChI is InChI=1S/C28H18Cl2N6O5S2/c1-14-22(34-10-3-2-7-20(34)31-14)24(37)21-23(15-5-4-6-18(11-15)36(40)41)35(26(39)25(21)38)27-32-33-28(43-27)42-13-16-8-9-17(29)12-19(16)30/h2-12,23,37H,13H2,1H3. The number of hydrogen-bond acceptors (Lipinski definition) is 10. The number of hydrogen-bond donors (Lipinski definition) is 1. The van der Waals surface area contributed by atoms with Gasteiger partial charge in [0.1, 0.15) is 11.3 Å². The summed E-state index contributed by atoms with van der Waals surface area (Å²) < 4.78 is 2.09. The number of aryl methyl sites for hydroxylation is 1. The minimum atomic E-state index is -1.23. The van der Waals surface area contributed by atoms with Gasteiger partial charge in [-0.3, -0.25) is 29.0 Å². The van der Waals surface area contributed by atoms with Crippen molar-refractivity contribution in [2.45, 2.75) is 23.1 Å². The molecule has 0 aliphatic carbocycles. The van der Waals surface area contributed by atoms with Crippen LogP contribution < -0.4 is 4.90 Å². The predicted octanol–water partition coefficient (Wildman–Crippen LogP) is 6.63. The van der Waals surface area contributed by atoms with Gasteiger partial charge in [-0.25, -0.2) is 4.98 Å². The van der Waals surface area contributed by atoms with E-state index in [1.807, 2.05) is 0 Å². The highest BCUT2D eigenvalue weighted by Gasteiger charge is 2.49. The summed E-state index contributed by atoms with van der Waals surface area (Å²) in [5.74, 6) is -1.97. The van der Waals surface area contributed by atoms with Crippen molar-refractivity contribution in [3.8, 4) is 0 Å². The minimum Gasteiger partial charge on any atom is -0.505 e. The fraction of sp³-hybridized carbons (Fsp3) is 0.107. The Morgan fingerprint density at radius 3 is 2.70 bits per heavy atom. The number of benzene rings is 2. The summed E-state index contributed by atoms with van der Waals surface area (Å²) in [7, 11) is 0. The summed E-state index contributed by atoms with van der Waals surface area (Å²) >= 11 is 14.7. The number of anilines is 1. The number of nitro benzene ring substituents is 1. The second-order valence-electron chi connectivity index (χ2n) is 9.37. The van der Waals surface area contributed by atoms with Crippen molar-refractivity contribution >= 4 is 80.2 Å². The molecule has 0 saturated carbocycles. The van der Waals surface area contributed by atoms with Gasteiger partial charge in [-0.15, -0.1) is 10.2 Å². The molecule has 1 aliphatic rings. The van der Waals surface area contributed by atoms with Crippen LogP contribution in [0.15, 0.2) is 76.8 Å². The molecule has 43 heavy (non-hydrogen) atoms. The number of imidazole rings is 1. The molecule has 216 valence electrons. The fourth-order valence-electron chi connectivity index (χ4n) is 4.82. The van der Waals surface area contributed by atoms with Crippen LogP contribution >= 0.6 is 46.3 Å². The molecule has 2 aromatic carbocycles. The number of pyridine rings is 1. The third-order valence-electron chi connectivity index (χ3n) is 6.74. The lowest BCUT2D eigenvalue weighted by atomic mass is 9.96. The number of nitro groups is 1. The average molecular weight is 654 g/mol. The van der Waals surface area contributed by atoms with Gasteiger partial charge in [0.2, 0.25) is 5.13 Å². The van der Waals surface area contributed by atoms with E-state index < -0.39 is 28.4 Å². The lowest BCUT2D eigenvalue weighted by Gasteiger charge is -2.22. The zero-order chi connectivity index (χ0) is 30.4. The number of thioether (sulfide) groups is 1. The van der Waals surface area contributed by atoms with Gasteiger partial charge in [-0.2, -0.15) is 0 Å². The van der Waals surface area contributed by atoms with Crippen LogP contribution in [0.3, 0.4) is 0 Å². The third kappa shape index (κ3) is 5.25. The number of nitrogens with zero attached hydrogens (tertiary/aromatic N) is 6. The van der Waals surface area contributed by atoms with Gasteiger partial charge in [0, 0.05) is 34.1 Å². The van der Waals surface area contributed by atoms with E-state index in [-0.39, 0.29) is 27.6 Å². The second-order valence-corrected chi connectivity index (χ2v) is 12.4. The van der Waals surface area contributed by atoms with Crippen molar-refractivity contribution in [3.63, 3.8) is 0 Å². The Morgan fingerprint density at radius 1 is 1.12 bits per heavy atom. The number of aliphatic hydroxyl groups excluding tert-OH is 1. The highest BCUT2D eigenvalue weighted by atomic mass is 35.5. The number of rotatable bonds is 7. The first-order valence-electron chi connectivity index (χ1n) is 12.5. The molecule has 11 nitrogen and oxygen atoms in total. The molecule has 4 heterocycles. The quantitative estimate of drug-likeness (QED) is 0.0389. The molecule has 1 atom stereocenters. The smallest absolute Gasteiger partial charge is 0.301 e. The molecule has 0 spiro atoms. The number of fused-ring (bicyclic) bond motifs is 1. The topological polar surface area (TPSA) is 144 Å². The summed E-state index contributed by atoms with van der Waals surface area (Å²) in [6.45, 7) is 1.67. The molecule has 1 aliphatic heterocycles. The van der Waals surface area contributed by atoms with Gasteiger partial charge in [0.25, 0.3) is 11.5 Å². The van der Waals surface area contributed by atoms with E-state index in [2.05, 4.69) is 15.2 Å². The SMILES string of the molecule is Cc1nc2ccccn2c1C(O)=C1C(=O)C(=O)N(c2nnc(SCc3ccc(Cl)cc3Cl)s2)C1c1cccc([N+](=O)[O-])c1. The summed E-state index contributed by atoms with van der Waals surface area (Å²) in [6, 6.07) is 14.7. The zero-order valence-electron chi connectivity index (χ0n) is 22.0. The number of halogens is 2. The Kier molecular flexibility index (Phi) is 7.65. The number of non-ortho nitro benzene ring substituents is 1. The minimum absolute atomic E-state index is 0.0808. The molecule has 0 radical (unpaired) electrons. The number of Topliss-reactive ketones (excluding diaryl/α,β-unsaturated/α-hetero) is 1. The number of amides is 1. The Balaban J connectivity index is 1.45. The number of carbonyl (C=O) groups excluding carboxylic acids is 2. The van der Waals surface area contributed by atoms with E-state index >= 15 is 0 Å². The van der Waals surface area contributed by atoms with E-state index in [0.717, 1.165) is 21.8 Å². The zero-order valence-corrected chi connectivity index (χ0v) is 25.1.